The van der Waals surface area contributed by atoms with E-state index >= 15 is 0 Å². The van der Waals surface area contributed by atoms with E-state index in [1.54, 1.807) is 0 Å². The van der Waals surface area contributed by atoms with Crippen LogP contribution >= 0.6 is 0 Å². The number of cyclic esters (lactones) is 4. The van der Waals surface area contributed by atoms with Gasteiger partial charge in [0.25, 0.3) is 0 Å². The second-order valence-corrected chi connectivity index (χ2v) is 12.8. The molecular formula is C36H37N3O16. The zero-order valence-corrected chi connectivity index (χ0v) is 29.3. The number of carbonyl (C=O) groups is 8. The normalized spacial score (nSPS) is 21.1. The molecule has 0 atom stereocenters. The van der Waals surface area contributed by atoms with Gasteiger partial charge in [-0.15, -0.1) is 0 Å². The van der Waals surface area contributed by atoms with Crippen molar-refractivity contribution < 1.29 is 77.7 Å². The molecule has 0 amide bonds. The predicted molar refractivity (Wildman–Crippen MR) is 182 cm³/mol. The van der Waals surface area contributed by atoms with E-state index in [1.807, 2.05) is 35.2 Å². The number of Topliss-reactive ketones (excluding diaryl/α,β-unsaturated/α-hetero) is 4. The number of hydrogen-bond acceptors (Lipinski definition) is 19. The van der Waals surface area contributed by atoms with Crippen molar-refractivity contribution in [1.29, 1.82) is 0 Å². The highest BCUT2D eigenvalue weighted by Crippen LogP contribution is 2.20. The lowest BCUT2D eigenvalue weighted by Crippen LogP contribution is -2.43. The number of ether oxygens (including phenoxy) is 4. The van der Waals surface area contributed by atoms with Crippen molar-refractivity contribution in [3.63, 3.8) is 0 Å². The summed E-state index contributed by atoms with van der Waals surface area (Å²) in [7, 11) is 0. The van der Waals surface area contributed by atoms with Crippen LogP contribution in [0, 0.1) is 0 Å². The Bertz CT molecular complexity index is 1630. The van der Waals surface area contributed by atoms with E-state index in [4.69, 9.17) is 18.9 Å². The smallest absolute Gasteiger partial charge is 0.345 e. The largest absolute Gasteiger partial charge is 0.510 e. The Balaban J connectivity index is 1.40. The van der Waals surface area contributed by atoms with Crippen LogP contribution in [0.5, 0.6) is 0 Å². The fourth-order valence-corrected chi connectivity index (χ4v) is 6.10. The van der Waals surface area contributed by atoms with Gasteiger partial charge in [-0.2, -0.15) is 0 Å². The number of nitrogens with zero attached hydrogens (tertiary/aromatic N) is 3. The maximum atomic E-state index is 12.3. The number of esters is 4. The Morgan fingerprint density at radius 3 is 1.00 bits per heavy atom. The second-order valence-electron chi connectivity index (χ2n) is 12.8. The van der Waals surface area contributed by atoms with Gasteiger partial charge in [0.05, 0.1) is 26.2 Å². The summed E-state index contributed by atoms with van der Waals surface area (Å²) in [5, 5.41) is 43.3. The molecule has 292 valence electrons. The number of carbonyl (C=O) groups excluding carboxylic acids is 8. The summed E-state index contributed by atoms with van der Waals surface area (Å²) in [5.41, 5.74) is -1.38. The van der Waals surface area contributed by atoms with Crippen molar-refractivity contribution in [2.24, 2.45) is 0 Å². The molecule has 4 aliphatic heterocycles. The van der Waals surface area contributed by atoms with Gasteiger partial charge in [0, 0.05) is 32.7 Å². The van der Waals surface area contributed by atoms with E-state index in [9.17, 15) is 58.8 Å². The summed E-state index contributed by atoms with van der Waals surface area (Å²) in [6.07, 6.45) is 0.497. The van der Waals surface area contributed by atoms with Crippen molar-refractivity contribution in [2.45, 2.75) is 6.42 Å². The average molecular weight is 768 g/mol. The van der Waals surface area contributed by atoms with Gasteiger partial charge in [-0.3, -0.25) is 29.0 Å². The van der Waals surface area contributed by atoms with Gasteiger partial charge in [-0.1, -0.05) is 30.3 Å². The Morgan fingerprint density at radius 1 is 0.436 bits per heavy atom. The quantitative estimate of drug-likeness (QED) is 0.0481. The van der Waals surface area contributed by atoms with Crippen LogP contribution in [0.3, 0.4) is 0 Å². The van der Waals surface area contributed by atoms with E-state index in [0.717, 1.165) is 5.56 Å². The molecule has 0 bridgehead atoms. The molecule has 4 N–H and O–H groups in total. The summed E-state index contributed by atoms with van der Waals surface area (Å²) in [4.78, 5) is 102. The summed E-state index contributed by atoms with van der Waals surface area (Å²) < 4.78 is 18.8. The molecule has 0 unspecified atom stereocenters. The maximum Gasteiger partial charge on any atom is 0.345 e. The van der Waals surface area contributed by atoms with E-state index in [-0.39, 0.29) is 26.2 Å². The van der Waals surface area contributed by atoms with Crippen LogP contribution in [0.25, 0.3) is 0 Å². The molecule has 0 aromatic heterocycles. The fourth-order valence-electron chi connectivity index (χ4n) is 6.10. The second kappa shape index (κ2) is 17.8. The molecule has 5 rings (SSSR count). The number of aliphatic hydroxyl groups is 4. The zero-order valence-electron chi connectivity index (χ0n) is 29.3. The number of benzene rings is 1. The average Bonchev–Trinajstić information content (AvgIpc) is 3.88. The van der Waals surface area contributed by atoms with Gasteiger partial charge in [-0.05, 0) is 12.0 Å². The number of hydrogen-bond donors (Lipinski definition) is 4. The highest BCUT2D eigenvalue weighted by atomic mass is 16.6. The lowest BCUT2D eigenvalue weighted by molar-refractivity contribution is -0.136. The molecule has 55 heavy (non-hydrogen) atoms. The highest BCUT2D eigenvalue weighted by molar-refractivity contribution is 6.24. The monoisotopic (exact) mass is 767 g/mol. The van der Waals surface area contributed by atoms with Crippen LogP contribution in [0.1, 0.15) is 5.56 Å². The molecule has 4 aliphatic rings. The minimum absolute atomic E-state index is 0.0266. The van der Waals surface area contributed by atoms with Crippen LogP contribution < -0.4 is 0 Å². The Kier molecular flexibility index (Phi) is 12.9. The first-order valence-electron chi connectivity index (χ1n) is 16.9. The summed E-state index contributed by atoms with van der Waals surface area (Å²) >= 11 is 0. The highest BCUT2D eigenvalue weighted by Gasteiger charge is 2.37. The maximum absolute atomic E-state index is 12.3. The summed E-state index contributed by atoms with van der Waals surface area (Å²) in [6.45, 7) is -3.70. The standard InChI is InChI=1S/C36H37N3O16/c40-21(29-25(44)16-52-33(29)48)12-38(13-22(41)30-26(45)17-53-34(30)49)10-8-37(7-6-20-4-2-1-3-5-20)9-11-39(14-23(42)31-27(46)18-54-35(31)50)15-24(43)32-28(47)19-55-36(32)51/h1-5,40-43H,6-19H2/b29-21-,30-22+,31-23+,32-24+. The third-order valence-corrected chi connectivity index (χ3v) is 8.94. The Morgan fingerprint density at radius 2 is 0.727 bits per heavy atom. The van der Waals surface area contributed by atoms with Crippen LogP contribution in [-0.2, 0) is 63.7 Å². The van der Waals surface area contributed by atoms with Crippen molar-refractivity contribution >= 4 is 47.0 Å². The zero-order chi connectivity index (χ0) is 39.8. The SMILES string of the molecule is O=C1COC(=O)/C1=C(\O)CN(CCN(CCc1ccccc1)CCN(C/C(O)=C1/C(=O)COC1=O)C/C(O)=C1/C(=O)COC1=O)C/C(O)=C1/C(=O)COC1=O. The topological polar surface area (TPSA) is 264 Å². The fraction of sp³-hybridized carbons (Fsp3) is 0.389. The molecule has 0 saturated carbocycles. The van der Waals surface area contributed by atoms with Crippen LogP contribution in [0.2, 0.25) is 0 Å². The van der Waals surface area contributed by atoms with Crippen LogP contribution in [0.4, 0.5) is 0 Å². The molecule has 0 radical (unpaired) electrons. The molecule has 4 heterocycles. The molecule has 1 aromatic rings. The Hall–Kier alpha value is -6.18. The van der Waals surface area contributed by atoms with E-state index in [2.05, 4.69) is 0 Å². The number of aliphatic hydroxyl groups excluding tert-OH is 4. The van der Waals surface area contributed by atoms with Crippen molar-refractivity contribution in [3.8, 4) is 0 Å². The number of rotatable bonds is 17. The van der Waals surface area contributed by atoms with Crippen LogP contribution in [0.15, 0.2) is 75.7 Å². The van der Waals surface area contributed by atoms with Crippen molar-refractivity contribution in [1.82, 2.24) is 14.7 Å². The Labute approximate surface area is 312 Å². The molecule has 0 spiro atoms. The molecule has 19 heteroatoms. The first-order valence-corrected chi connectivity index (χ1v) is 16.9. The van der Waals surface area contributed by atoms with E-state index in [1.165, 1.54) is 9.80 Å². The predicted octanol–water partition coefficient (Wildman–Crippen LogP) is -1.11. The van der Waals surface area contributed by atoms with Crippen molar-refractivity contribution in [2.75, 3.05) is 85.3 Å². The molecule has 19 nitrogen and oxygen atoms in total. The van der Waals surface area contributed by atoms with Gasteiger partial charge in [0.2, 0.25) is 23.1 Å². The molecular weight excluding hydrogens is 730 g/mol. The van der Waals surface area contributed by atoms with Crippen LogP contribution in [-0.4, -0.2) is 167 Å². The third kappa shape index (κ3) is 9.88. The summed E-state index contributed by atoms with van der Waals surface area (Å²) in [5.74, 6) is -9.88. The van der Waals surface area contributed by atoms with Gasteiger partial charge in [0.15, 0.2) is 26.4 Å². The molecule has 4 fully saturated rings. The lowest BCUT2D eigenvalue weighted by atomic mass is 10.1. The van der Waals surface area contributed by atoms with E-state index in [0.29, 0.717) is 13.0 Å². The lowest BCUT2D eigenvalue weighted by Gasteiger charge is -2.30. The van der Waals surface area contributed by atoms with Gasteiger partial charge < -0.3 is 44.3 Å². The first kappa shape index (κ1) is 40.0. The first-order chi connectivity index (χ1) is 26.2. The molecule has 0 aliphatic carbocycles. The van der Waals surface area contributed by atoms with Gasteiger partial charge in [0.1, 0.15) is 45.3 Å². The third-order valence-electron chi connectivity index (χ3n) is 8.94. The molecule has 1 aromatic carbocycles. The van der Waals surface area contributed by atoms with E-state index < -0.39 is 145 Å². The minimum Gasteiger partial charge on any atom is -0.510 e. The summed E-state index contributed by atoms with van der Waals surface area (Å²) in [6, 6.07) is 9.32. The van der Waals surface area contributed by atoms with Crippen molar-refractivity contribution in [3.05, 3.63) is 81.2 Å². The minimum atomic E-state index is -1.04. The number of ketones is 4. The van der Waals surface area contributed by atoms with Gasteiger partial charge >= 0.3 is 23.9 Å². The molecule has 4 saturated heterocycles. The van der Waals surface area contributed by atoms with Gasteiger partial charge in [-0.25, -0.2) is 19.2 Å².